The lowest BCUT2D eigenvalue weighted by Crippen LogP contribution is -2.33. The fourth-order valence-corrected chi connectivity index (χ4v) is 3.26. The molecule has 0 amide bonds. The van der Waals surface area contributed by atoms with Gasteiger partial charge in [-0.3, -0.25) is 4.57 Å². The first kappa shape index (κ1) is 18.7. The zero-order valence-electron chi connectivity index (χ0n) is 13.7. The second-order valence-corrected chi connectivity index (χ2v) is 6.88. The lowest BCUT2D eigenvalue weighted by atomic mass is 10.1. The number of nitrogens with one attached hydrogen (secondary N) is 1. The van der Waals surface area contributed by atoms with Gasteiger partial charge in [0.15, 0.2) is 6.23 Å². The van der Waals surface area contributed by atoms with Gasteiger partial charge in [0.05, 0.1) is 27.7 Å². The van der Waals surface area contributed by atoms with Gasteiger partial charge in [0.25, 0.3) is 0 Å². The Morgan fingerprint density at radius 1 is 1.24 bits per heavy atom. The fourth-order valence-electron chi connectivity index (χ4n) is 2.94. The number of hydrogen-bond acceptors (Lipinski definition) is 6. The van der Waals surface area contributed by atoms with Gasteiger partial charge in [-0.15, -0.1) is 0 Å². The van der Waals surface area contributed by atoms with Crippen LogP contribution in [-0.2, 0) is 4.74 Å². The second-order valence-electron chi connectivity index (χ2n) is 6.07. The number of fused-ring (bicyclic) bond motifs is 1. The topological polar surface area (TPSA) is 99.8 Å². The number of nitrogens with zero attached hydrogens (tertiary/aromatic N) is 2. The molecule has 4 atom stereocenters. The summed E-state index contributed by atoms with van der Waals surface area (Å²) in [5.41, 5.74) is 1.20. The van der Waals surface area contributed by atoms with Crippen LogP contribution in [0.4, 0.5) is 5.95 Å². The molecule has 2 heterocycles. The number of halogens is 2. The maximum atomic E-state index is 10.4. The number of anilines is 1. The number of aromatic nitrogens is 2. The molecule has 0 radical (unpaired) electrons. The van der Waals surface area contributed by atoms with Crippen LogP contribution in [0.15, 0.2) is 12.1 Å². The third-order valence-corrected chi connectivity index (χ3v) is 5.04. The van der Waals surface area contributed by atoms with Crippen LogP contribution in [0.5, 0.6) is 0 Å². The molecule has 1 fully saturated rings. The van der Waals surface area contributed by atoms with E-state index in [1.54, 1.807) is 16.7 Å². The lowest BCUT2D eigenvalue weighted by Gasteiger charge is -2.20. The van der Waals surface area contributed by atoms with Crippen LogP contribution in [0.25, 0.3) is 11.0 Å². The fraction of sp³-hybridized carbons (Fsp3) is 0.562. The Morgan fingerprint density at radius 3 is 2.60 bits per heavy atom. The molecule has 0 bridgehead atoms. The Balaban J connectivity index is 2.07. The van der Waals surface area contributed by atoms with E-state index in [2.05, 4.69) is 17.2 Å². The Morgan fingerprint density at radius 2 is 1.96 bits per heavy atom. The average Bonchev–Trinajstić information content (AvgIpc) is 3.06. The van der Waals surface area contributed by atoms with Gasteiger partial charge in [0.2, 0.25) is 5.95 Å². The van der Waals surface area contributed by atoms with Crippen LogP contribution in [0.1, 0.15) is 26.0 Å². The number of benzene rings is 1. The van der Waals surface area contributed by atoms with Crippen LogP contribution in [-0.4, -0.2) is 56.3 Å². The molecular formula is C16H21Cl2N3O4. The zero-order valence-corrected chi connectivity index (χ0v) is 15.2. The number of aliphatic hydroxyl groups is 3. The number of rotatable bonds is 6. The number of ether oxygens (including phenoxy) is 1. The molecule has 0 saturated carbocycles. The molecule has 4 N–H and O–H groups in total. The van der Waals surface area contributed by atoms with Gasteiger partial charge in [-0.2, -0.15) is 0 Å². The van der Waals surface area contributed by atoms with E-state index in [1.807, 2.05) is 0 Å². The summed E-state index contributed by atoms with van der Waals surface area (Å²) < 4.78 is 7.31. The lowest BCUT2D eigenvalue weighted by molar-refractivity contribution is -0.0499. The maximum absolute atomic E-state index is 10.4. The first-order valence-electron chi connectivity index (χ1n) is 8.21. The highest BCUT2D eigenvalue weighted by Gasteiger charge is 2.44. The van der Waals surface area contributed by atoms with E-state index in [-0.39, 0.29) is 0 Å². The summed E-state index contributed by atoms with van der Waals surface area (Å²) in [6, 6.07) is 3.29. The minimum Gasteiger partial charge on any atom is -0.394 e. The Hall–Kier alpha value is -1.09. The Labute approximate surface area is 155 Å². The largest absolute Gasteiger partial charge is 0.394 e. The highest BCUT2D eigenvalue weighted by molar-refractivity contribution is 6.42. The average molecular weight is 390 g/mol. The van der Waals surface area contributed by atoms with Crippen molar-refractivity contribution in [1.82, 2.24) is 9.55 Å². The molecule has 9 heteroatoms. The van der Waals surface area contributed by atoms with Crippen LogP contribution >= 0.6 is 23.2 Å². The van der Waals surface area contributed by atoms with Crippen molar-refractivity contribution in [2.75, 3.05) is 18.5 Å². The summed E-state index contributed by atoms with van der Waals surface area (Å²) in [7, 11) is 0. The SMILES string of the molecule is CCCCNc1nc2cc(Cl)c(Cl)cc2n1[C@H]1O[C@@H](CO)[C@H](O)[C@@H]1O. The minimum atomic E-state index is -1.21. The van der Waals surface area contributed by atoms with Gasteiger partial charge in [0.1, 0.15) is 18.3 Å². The van der Waals surface area contributed by atoms with Crippen molar-refractivity contribution in [1.29, 1.82) is 0 Å². The predicted molar refractivity (Wildman–Crippen MR) is 96.2 cm³/mol. The maximum Gasteiger partial charge on any atom is 0.206 e. The van der Waals surface area contributed by atoms with Crippen molar-refractivity contribution in [3.05, 3.63) is 22.2 Å². The molecule has 2 aromatic rings. The molecule has 1 aliphatic rings. The van der Waals surface area contributed by atoms with Crippen molar-refractivity contribution in [3.8, 4) is 0 Å². The van der Waals surface area contributed by atoms with Gasteiger partial charge >= 0.3 is 0 Å². The molecule has 0 unspecified atom stereocenters. The summed E-state index contributed by atoms with van der Waals surface area (Å²) in [4.78, 5) is 4.51. The molecule has 1 aromatic heterocycles. The van der Waals surface area contributed by atoms with E-state index in [4.69, 9.17) is 27.9 Å². The van der Waals surface area contributed by atoms with E-state index in [1.165, 1.54) is 0 Å². The number of hydrogen-bond donors (Lipinski definition) is 4. The highest BCUT2D eigenvalue weighted by Crippen LogP contribution is 2.37. The summed E-state index contributed by atoms with van der Waals surface area (Å²) in [6.45, 7) is 2.37. The van der Waals surface area contributed by atoms with Gasteiger partial charge in [-0.1, -0.05) is 36.5 Å². The van der Waals surface area contributed by atoms with Gasteiger partial charge in [-0.25, -0.2) is 4.98 Å². The predicted octanol–water partition coefficient (Wildman–Crippen LogP) is 2.17. The van der Waals surface area contributed by atoms with Crippen molar-refractivity contribution in [2.24, 2.45) is 0 Å². The molecule has 138 valence electrons. The normalized spacial score (nSPS) is 26.5. The Kier molecular flexibility index (Phi) is 5.72. The molecule has 1 saturated heterocycles. The first-order valence-corrected chi connectivity index (χ1v) is 8.96. The Bertz CT molecular complexity index is 755. The summed E-state index contributed by atoms with van der Waals surface area (Å²) in [5.74, 6) is 0.483. The third kappa shape index (κ3) is 3.45. The standard InChI is InChI=1S/C16H21Cl2N3O4/c1-2-3-4-19-16-20-10-5-8(17)9(18)6-11(10)21(16)15-14(24)13(23)12(7-22)25-15/h5-6,12-15,22-24H,2-4,7H2,1H3,(H,19,20)/t12-,13-,14-,15-/m0/s1. The smallest absolute Gasteiger partial charge is 0.206 e. The van der Waals surface area contributed by atoms with Crippen molar-refractivity contribution in [2.45, 2.75) is 44.3 Å². The van der Waals surface area contributed by atoms with Crippen LogP contribution in [0.2, 0.25) is 10.0 Å². The molecule has 3 rings (SSSR count). The van der Waals surface area contributed by atoms with E-state index in [9.17, 15) is 15.3 Å². The van der Waals surface area contributed by atoms with Crippen molar-refractivity contribution >= 4 is 40.2 Å². The van der Waals surface area contributed by atoms with E-state index < -0.39 is 31.1 Å². The monoisotopic (exact) mass is 389 g/mol. The van der Waals surface area contributed by atoms with Crippen LogP contribution in [0, 0.1) is 0 Å². The molecular weight excluding hydrogens is 369 g/mol. The third-order valence-electron chi connectivity index (χ3n) is 4.32. The zero-order chi connectivity index (χ0) is 18.1. The summed E-state index contributed by atoms with van der Waals surface area (Å²) in [5, 5.41) is 33.7. The van der Waals surface area contributed by atoms with Crippen LogP contribution < -0.4 is 5.32 Å². The quantitative estimate of drug-likeness (QED) is 0.565. The number of imidazole rings is 1. The van der Waals surface area contributed by atoms with E-state index >= 15 is 0 Å². The molecule has 0 spiro atoms. The molecule has 25 heavy (non-hydrogen) atoms. The van der Waals surface area contributed by atoms with E-state index in [0.29, 0.717) is 33.6 Å². The van der Waals surface area contributed by atoms with Crippen molar-refractivity contribution in [3.63, 3.8) is 0 Å². The summed E-state index contributed by atoms with van der Waals surface area (Å²) >= 11 is 12.2. The molecule has 1 aromatic carbocycles. The second kappa shape index (κ2) is 7.65. The van der Waals surface area contributed by atoms with Crippen LogP contribution in [0.3, 0.4) is 0 Å². The van der Waals surface area contributed by atoms with E-state index in [0.717, 1.165) is 12.8 Å². The molecule has 7 nitrogen and oxygen atoms in total. The number of aliphatic hydroxyl groups excluding tert-OH is 3. The van der Waals surface area contributed by atoms with Gasteiger partial charge in [0, 0.05) is 6.54 Å². The molecule has 0 aliphatic carbocycles. The molecule has 1 aliphatic heterocycles. The van der Waals surface area contributed by atoms with Gasteiger partial charge < -0.3 is 25.4 Å². The van der Waals surface area contributed by atoms with Gasteiger partial charge in [-0.05, 0) is 18.6 Å². The van der Waals surface area contributed by atoms with Crippen molar-refractivity contribution < 1.29 is 20.1 Å². The summed E-state index contributed by atoms with van der Waals surface area (Å²) in [6.07, 6.45) is -2.23. The highest BCUT2D eigenvalue weighted by atomic mass is 35.5. The minimum absolute atomic E-state index is 0.349. The first-order chi connectivity index (χ1) is 12.0. The number of unbranched alkanes of at least 4 members (excludes halogenated alkanes) is 1.